The molecule has 5 nitrogen and oxygen atoms in total. The monoisotopic (exact) mass is 296 g/mol. The highest BCUT2D eigenvalue weighted by Gasteiger charge is 2.13. The number of carbonyl (C=O) groups excluding carboxylic acids is 1. The van der Waals surface area contributed by atoms with Crippen molar-refractivity contribution in [2.24, 2.45) is 0 Å². The molecule has 1 aliphatic heterocycles. The quantitative estimate of drug-likeness (QED) is 0.841. The van der Waals surface area contributed by atoms with Crippen LogP contribution in [0.15, 0.2) is 18.2 Å². The van der Waals surface area contributed by atoms with Crippen LogP contribution in [0.25, 0.3) is 0 Å². The first kappa shape index (κ1) is 14.8. The summed E-state index contributed by atoms with van der Waals surface area (Å²) in [6, 6.07) is 6.19. The van der Waals surface area contributed by atoms with Gasteiger partial charge in [-0.2, -0.15) is 0 Å². The zero-order valence-corrected chi connectivity index (χ0v) is 12.4. The predicted molar refractivity (Wildman–Crippen MR) is 79.7 cm³/mol. The maximum Gasteiger partial charge on any atom is 0.235 e. The molecule has 0 aliphatic carbocycles. The molecule has 0 saturated carbocycles. The van der Waals surface area contributed by atoms with Crippen LogP contribution in [0, 0.1) is 0 Å². The normalized spacial score (nSPS) is 14.2. The van der Waals surface area contributed by atoms with E-state index in [2.05, 4.69) is 16.7 Å². The molecule has 6 heteroatoms. The zero-order chi connectivity index (χ0) is 14.6. The summed E-state index contributed by atoms with van der Waals surface area (Å²) >= 11 is 0. The second kappa shape index (κ2) is 6.26. The van der Waals surface area contributed by atoms with Crippen molar-refractivity contribution >= 4 is 21.4 Å². The van der Waals surface area contributed by atoms with Crippen LogP contribution in [0.4, 0.5) is 5.69 Å². The van der Waals surface area contributed by atoms with Crippen molar-refractivity contribution in [3.8, 4) is 0 Å². The summed E-state index contributed by atoms with van der Waals surface area (Å²) < 4.78 is 22.0. The van der Waals surface area contributed by atoms with Crippen LogP contribution in [-0.2, 0) is 27.5 Å². The minimum atomic E-state index is -3.26. The first-order valence-corrected chi connectivity index (χ1v) is 8.81. The van der Waals surface area contributed by atoms with Gasteiger partial charge < -0.3 is 10.6 Å². The van der Waals surface area contributed by atoms with Gasteiger partial charge in [-0.1, -0.05) is 18.2 Å². The lowest BCUT2D eigenvalue weighted by Crippen LogP contribution is -2.31. The van der Waals surface area contributed by atoms with E-state index >= 15 is 0 Å². The van der Waals surface area contributed by atoms with E-state index in [-0.39, 0.29) is 0 Å². The number of anilines is 1. The lowest BCUT2D eigenvalue weighted by Gasteiger charge is -2.21. The number of para-hydroxylation sites is 1. The molecule has 1 heterocycles. The molecule has 0 aromatic heterocycles. The third-order valence-corrected chi connectivity index (χ3v) is 4.06. The van der Waals surface area contributed by atoms with Crippen molar-refractivity contribution in [1.82, 2.24) is 5.32 Å². The number of rotatable bonds is 5. The summed E-state index contributed by atoms with van der Waals surface area (Å²) in [4.78, 5) is 11.4. The van der Waals surface area contributed by atoms with Gasteiger partial charge in [0.05, 0.1) is 0 Å². The smallest absolute Gasteiger partial charge is 0.235 e. The molecular weight excluding hydrogens is 276 g/mol. The number of benzene rings is 1. The van der Waals surface area contributed by atoms with Crippen LogP contribution in [-0.4, -0.2) is 39.4 Å². The summed E-state index contributed by atoms with van der Waals surface area (Å²) in [5.74, 6) is -0.886. The highest BCUT2D eigenvalue weighted by atomic mass is 32.2. The van der Waals surface area contributed by atoms with Gasteiger partial charge in [0.25, 0.3) is 0 Å². The van der Waals surface area contributed by atoms with Crippen molar-refractivity contribution in [1.29, 1.82) is 0 Å². The van der Waals surface area contributed by atoms with Crippen LogP contribution in [0.2, 0.25) is 0 Å². The van der Waals surface area contributed by atoms with E-state index < -0.39 is 21.5 Å². The average Bonchev–Trinajstić information content (AvgIpc) is 2.37. The third-order valence-electron chi connectivity index (χ3n) is 3.27. The Hall–Kier alpha value is -1.56. The van der Waals surface area contributed by atoms with Crippen LogP contribution in [0.1, 0.15) is 17.5 Å². The van der Waals surface area contributed by atoms with E-state index in [4.69, 9.17) is 0 Å². The van der Waals surface area contributed by atoms with Crippen LogP contribution >= 0.6 is 0 Å². The Morgan fingerprint density at radius 3 is 2.95 bits per heavy atom. The summed E-state index contributed by atoms with van der Waals surface area (Å²) in [5.41, 5.74) is 3.66. The fourth-order valence-corrected chi connectivity index (χ4v) is 2.99. The maximum atomic E-state index is 11.4. The molecule has 1 amide bonds. The van der Waals surface area contributed by atoms with E-state index in [1.807, 2.05) is 12.1 Å². The summed E-state index contributed by atoms with van der Waals surface area (Å²) in [6.45, 7) is 1.43. The van der Waals surface area contributed by atoms with Gasteiger partial charge in [0.15, 0.2) is 9.84 Å². The van der Waals surface area contributed by atoms with Crippen LogP contribution in [0.5, 0.6) is 0 Å². The molecule has 1 aliphatic rings. The van der Waals surface area contributed by atoms with Gasteiger partial charge in [-0.3, -0.25) is 4.79 Å². The molecule has 1 aromatic carbocycles. The Labute approximate surface area is 119 Å². The minimum absolute atomic E-state index is 0.440. The predicted octanol–water partition coefficient (Wildman–Crippen LogP) is 0.748. The lowest BCUT2D eigenvalue weighted by atomic mass is 9.98. The Bertz CT molecular complexity index is 596. The Balaban J connectivity index is 1.90. The second-order valence-corrected chi connectivity index (χ2v) is 7.29. The first-order chi connectivity index (χ1) is 9.46. The Morgan fingerprint density at radius 1 is 1.40 bits per heavy atom. The first-order valence-electron chi connectivity index (χ1n) is 6.75. The molecule has 0 bridgehead atoms. The molecule has 0 fully saturated rings. The highest BCUT2D eigenvalue weighted by Crippen LogP contribution is 2.26. The van der Waals surface area contributed by atoms with Gasteiger partial charge in [0.2, 0.25) is 5.91 Å². The van der Waals surface area contributed by atoms with Crippen molar-refractivity contribution in [3.05, 3.63) is 29.3 Å². The average molecular weight is 296 g/mol. The summed E-state index contributed by atoms with van der Waals surface area (Å²) in [6.07, 6.45) is 3.98. The number of hydrogen-bond donors (Lipinski definition) is 2. The topological polar surface area (TPSA) is 75.3 Å². The van der Waals surface area contributed by atoms with Gasteiger partial charge >= 0.3 is 0 Å². The number of fused-ring (bicyclic) bond motifs is 1. The van der Waals surface area contributed by atoms with Crippen LogP contribution in [0.3, 0.4) is 0 Å². The van der Waals surface area contributed by atoms with Gasteiger partial charge in [-0.15, -0.1) is 0 Å². The van der Waals surface area contributed by atoms with Gasteiger partial charge in [-0.05, 0) is 30.4 Å². The third kappa shape index (κ3) is 4.23. The van der Waals surface area contributed by atoms with E-state index in [1.165, 1.54) is 16.8 Å². The van der Waals surface area contributed by atoms with Crippen molar-refractivity contribution < 1.29 is 13.2 Å². The molecule has 0 radical (unpaired) electrons. The number of amides is 1. The van der Waals surface area contributed by atoms with Gasteiger partial charge in [-0.25, -0.2) is 8.42 Å². The molecule has 0 spiro atoms. The highest BCUT2D eigenvalue weighted by molar-refractivity contribution is 7.91. The molecule has 0 atom stereocenters. The Kier molecular flexibility index (Phi) is 4.65. The van der Waals surface area contributed by atoms with Gasteiger partial charge in [0, 0.05) is 25.0 Å². The van der Waals surface area contributed by atoms with Crippen LogP contribution < -0.4 is 10.6 Å². The summed E-state index contributed by atoms with van der Waals surface area (Å²) in [7, 11) is -3.26. The fraction of sp³-hybridized carbons (Fsp3) is 0.500. The fourth-order valence-electron chi connectivity index (χ4n) is 2.42. The maximum absolute atomic E-state index is 11.4. The van der Waals surface area contributed by atoms with E-state index in [1.54, 1.807) is 0 Å². The molecule has 1 aromatic rings. The van der Waals surface area contributed by atoms with Crippen molar-refractivity contribution in [3.63, 3.8) is 0 Å². The number of sulfone groups is 1. The number of hydrogen-bond acceptors (Lipinski definition) is 4. The standard InChI is InChI=1S/C14H20N2O3S/c1-20(18,19)10-13(17)15-9-7-12-5-2-4-11-6-3-8-16-14(11)12/h2,4-5,16H,3,6-10H2,1H3,(H,15,17). The van der Waals surface area contributed by atoms with E-state index in [9.17, 15) is 13.2 Å². The van der Waals surface area contributed by atoms with Gasteiger partial charge in [0.1, 0.15) is 5.75 Å². The van der Waals surface area contributed by atoms with E-state index in [0.29, 0.717) is 13.0 Å². The molecule has 0 unspecified atom stereocenters. The molecular formula is C14H20N2O3S. The number of nitrogens with one attached hydrogen (secondary N) is 2. The largest absolute Gasteiger partial charge is 0.385 e. The molecule has 20 heavy (non-hydrogen) atoms. The Morgan fingerprint density at radius 2 is 2.20 bits per heavy atom. The minimum Gasteiger partial charge on any atom is -0.385 e. The summed E-state index contributed by atoms with van der Waals surface area (Å²) in [5, 5.41) is 6.05. The molecule has 2 N–H and O–H groups in total. The van der Waals surface area contributed by atoms with Crippen molar-refractivity contribution in [2.75, 3.05) is 30.4 Å². The number of aryl methyl sites for hydroxylation is 1. The molecule has 0 saturated heterocycles. The lowest BCUT2D eigenvalue weighted by molar-refractivity contribution is -0.118. The van der Waals surface area contributed by atoms with Crippen molar-refractivity contribution in [2.45, 2.75) is 19.3 Å². The second-order valence-electron chi connectivity index (χ2n) is 5.15. The molecule has 110 valence electrons. The number of carbonyl (C=O) groups is 1. The SMILES string of the molecule is CS(=O)(=O)CC(=O)NCCc1cccc2c1NCCC2. The molecule has 2 rings (SSSR count). The van der Waals surface area contributed by atoms with E-state index in [0.717, 1.165) is 25.6 Å². The zero-order valence-electron chi connectivity index (χ0n) is 11.6.